The predicted octanol–water partition coefficient (Wildman–Crippen LogP) is 5.16. The Morgan fingerprint density at radius 2 is 1.97 bits per heavy atom. The van der Waals surface area contributed by atoms with Crippen molar-refractivity contribution in [3.8, 4) is 0 Å². The van der Waals surface area contributed by atoms with Crippen LogP contribution >= 0.6 is 15.9 Å². The van der Waals surface area contributed by atoms with Gasteiger partial charge in [-0.15, -0.1) is 0 Å². The molecular weight excluding hydrogens is 472 g/mol. The van der Waals surface area contributed by atoms with Crippen LogP contribution in [0.2, 0.25) is 0 Å². The SMILES string of the molecule is CC[C@@H](C)c1nc2ccc(Br)cc2c(=O)n1N=Cc1cn([C@H](C)C(=O)O)c2ccccc12. The molecule has 2 aromatic heterocycles. The van der Waals surface area contributed by atoms with E-state index in [4.69, 9.17) is 4.98 Å². The first-order valence-corrected chi connectivity index (χ1v) is 11.2. The zero-order valence-electron chi connectivity index (χ0n) is 18.0. The van der Waals surface area contributed by atoms with Gasteiger partial charge < -0.3 is 9.67 Å². The Morgan fingerprint density at radius 1 is 1.22 bits per heavy atom. The van der Waals surface area contributed by atoms with Gasteiger partial charge in [0.2, 0.25) is 0 Å². The maximum absolute atomic E-state index is 13.3. The van der Waals surface area contributed by atoms with Crippen molar-refractivity contribution >= 4 is 49.9 Å². The Bertz CT molecular complexity index is 1420. The normalized spacial score (nSPS) is 13.8. The number of hydrogen-bond acceptors (Lipinski definition) is 4. The number of halogens is 1. The van der Waals surface area contributed by atoms with Crippen molar-refractivity contribution in [2.75, 3.05) is 0 Å². The number of carboxylic acids is 1. The summed E-state index contributed by atoms with van der Waals surface area (Å²) in [6.45, 7) is 5.68. The number of benzene rings is 2. The topological polar surface area (TPSA) is 89.5 Å². The number of carboxylic acid groups (broad SMARTS) is 1. The average molecular weight is 495 g/mol. The molecule has 0 radical (unpaired) electrons. The number of carbonyl (C=O) groups is 1. The number of aliphatic carboxylic acids is 1. The molecule has 7 nitrogen and oxygen atoms in total. The van der Waals surface area contributed by atoms with Gasteiger partial charge in [-0.3, -0.25) is 4.79 Å². The highest BCUT2D eigenvalue weighted by molar-refractivity contribution is 9.10. The van der Waals surface area contributed by atoms with Crippen LogP contribution in [0.3, 0.4) is 0 Å². The molecule has 0 unspecified atom stereocenters. The second-order valence-corrected chi connectivity index (χ2v) is 8.74. The molecule has 0 aliphatic rings. The molecule has 32 heavy (non-hydrogen) atoms. The van der Waals surface area contributed by atoms with Gasteiger partial charge in [0.25, 0.3) is 5.56 Å². The highest BCUT2D eigenvalue weighted by Crippen LogP contribution is 2.25. The van der Waals surface area contributed by atoms with Gasteiger partial charge in [0.05, 0.1) is 17.1 Å². The number of hydrogen-bond donors (Lipinski definition) is 1. The Labute approximate surface area is 193 Å². The maximum Gasteiger partial charge on any atom is 0.326 e. The molecule has 0 amide bonds. The minimum atomic E-state index is -0.922. The Morgan fingerprint density at radius 3 is 2.69 bits per heavy atom. The monoisotopic (exact) mass is 494 g/mol. The number of nitrogens with zero attached hydrogens (tertiary/aromatic N) is 4. The van der Waals surface area contributed by atoms with Crippen molar-refractivity contribution in [1.29, 1.82) is 0 Å². The maximum atomic E-state index is 13.3. The van der Waals surface area contributed by atoms with Crippen LogP contribution in [-0.4, -0.2) is 31.5 Å². The van der Waals surface area contributed by atoms with Crippen LogP contribution in [0.4, 0.5) is 0 Å². The number of fused-ring (bicyclic) bond motifs is 2. The number of para-hydroxylation sites is 1. The van der Waals surface area contributed by atoms with Gasteiger partial charge in [-0.25, -0.2) is 9.78 Å². The molecule has 4 rings (SSSR count). The lowest BCUT2D eigenvalue weighted by Crippen LogP contribution is -2.23. The minimum Gasteiger partial charge on any atom is -0.480 e. The highest BCUT2D eigenvalue weighted by atomic mass is 79.9. The van der Waals surface area contributed by atoms with Crippen molar-refractivity contribution in [3.05, 3.63) is 74.9 Å². The number of aromatic nitrogens is 3. The van der Waals surface area contributed by atoms with Gasteiger partial charge >= 0.3 is 5.97 Å². The first-order valence-electron chi connectivity index (χ1n) is 10.4. The van der Waals surface area contributed by atoms with E-state index in [-0.39, 0.29) is 11.5 Å². The quantitative estimate of drug-likeness (QED) is 0.375. The molecule has 0 saturated carbocycles. The van der Waals surface area contributed by atoms with Gasteiger partial charge in [-0.1, -0.05) is 48.0 Å². The predicted molar refractivity (Wildman–Crippen MR) is 130 cm³/mol. The fourth-order valence-electron chi connectivity index (χ4n) is 3.67. The first kappa shape index (κ1) is 22.0. The Balaban J connectivity index is 1.91. The molecule has 2 heterocycles. The van der Waals surface area contributed by atoms with Crippen LogP contribution in [0.5, 0.6) is 0 Å². The zero-order chi connectivity index (χ0) is 23.0. The fraction of sp³-hybridized carbons (Fsp3) is 0.250. The molecule has 1 N–H and O–H groups in total. The van der Waals surface area contributed by atoms with Crippen molar-refractivity contribution in [1.82, 2.24) is 14.2 Å². The minimum absolute atomic E-state index is 0.0290. The summed E-state index contributed by atoms with van der Waals surface area (Å²) in [7, 11) is 0. The van der Waals surface area contributed by atoms with Crippen LogP contribution in [0.15, 0.2) is 63.0 Å². The van der Waals surface area contributed by atoms with E-state index >= 15 is 0 Å². The van der Waals surface area contributed by atoms with Crippen LogP contribution in [0.1, 0.15) is 50.5 Å². The summed E-state index contributed by atoms with van der Waals surface area (Å²) in [6.07, 6.45) is 4.16. The fourth-order valence-corrected chi connectivity index (χ4v) is 4.03. The van der Waals surface area contributed by atoms with Gasteiger partial charge in [-0.2, -0.15) is 9.78 Å². The smallest absolute Gasteiger partial charge is 0.326 e. The van der Waals surface area contributed by atoms with E-state index in [2.05, 4.69) is 21.0 Å². The van der Waals surface area contributed by atoms with E-state index in [9.17, 15) is 14.7 Å². The van der Waals surface area contributed by atoms with E-state index < -0.39 is 12.0 Å². The molecule has 2 aromatic carbocycles. The zero-order valence-corrected chi connectivity index (χ0v) is 19.6. The van der Waals surface area contributed by atoms with Crippen molar-refractivity contribution in [3.63, 3.8) is 0 Å². The second-order valence-electron chi connectivity index (χ2n) is 7.83. The van der Waals surface area contributed by atoms with E-state index in [0.29, 0.717) is 16.7 Å². The molecule has 4 aromatic rings. The van der Waals surface area contributed by atoms with Crippen LogP contribution in [-0.2, 0) is 4.79 Å². The first-order chi connectivity index (χ1) is 15.3. The summed E-state index contributed by atoms with van der Waals surface area (Å²) in [5, 5.41) is 15.4. The van der Waals surface area contributed by atoms with Gasteiger partial charge in [-0.05, 0) is 37.6 Å². The lowest BCUT2D eigenvalue weighted by atomic mass is 10.1. The summed E-state index contributed by atoms with van der Waals surface area (Å²) < 4.78 is 3.85. The molecule has 0 saturated heterocycles. The van der Waals surface area contributed by atoms with Crippen molar-refractivity contribution < 1.29 is 9.90 Å². The van der Waals surface area contributed by atoms with E-state index in [1.807, 2.05) is 50.2 Å². The van der Waals surface area contributed by atoms with E-state index in [0.717, 1.165) is 27.4 Å². The molecule has 0 bridgehead atoms. The van der Waals surface area contributed by atoms with E-state index in [1.54, 1.807) is 30.0 Å². The molecule has 0 aliphatic carbocycles. The van der Waals surface area contributed by atoms with Gasteiger partial charge in [0.1, 0.15) is 11.9 Å². The summed E-state index contributed by atoms with van der Waals surface area (Å²) in [6, 6.07) is 12.2. The highest BCUT2D eigenvalue weighted by Gasteiger charge is 2.18. The lowest BCUT2D eigenvalue weighted by Gasteiger charge is -2.13. The van der Waals surface area contributed by atoms with Gasteiger partial charge in [0.15, 0.2) is 0 Å². The van der Waals surface area contributed by atoms with E-state index in [1.165, 1.54) is 4.68 Å². The van der Waals surface area contributed by atoms with Crippen LogP contribution < -0.4 is 5.56 Å². The third-order valence-electron chi connectivity index (χ3n) is 5.74. The second kappa shape index (κ2) is 8.70. The van der Waals surface area contributed by atoms with Gasteiger partial charge in [0, 0.05) is 33.1 Å². The molecule has 2 atom stereocenters. The molecule has 0 spiro atoms. The standard InChI is InChI=1S/C24H23BrN4O3/c1-4-14(2)22-27-20-10-9-17(25)11-19(20)23(30)29(22)26-12-16-13-28(15(3)24(31)32)21-8-6-5-7-18(16)21/h5-15H,4H2,1-3H3,(H,31,32)/t14-,15-/m1/s1. The molecule has 0 fully saturated rings. The summed E-state index contributed by atoms with van der Waals surface area (Å²) in [4.78, 5) is 29.6. The molecule has 164 valence electrons. The summed E-state index contributed by atoms with van der Waals surface area (Å²) in [5.74, 6) is -0.304. The third kappa shape index (κ3) is 3.86. The molecule has 8 heteroatoms. The largest absolute Gasteiger partial charge is 0.480 e. The van der Waals surface area contributed by atoms with Crippen molar-refractivity contribution in [2.45, 2.75) is 39.2 Å². The summed E-state index contributed by atoms with van der Waals surface area (Å²) in [5.41, 5.74) is 1.90. The van der Waals surface area contributed by atoms with Crippen LogP contribution in [0.25, 0.3) is 21.8 Å². The molecular formula is C24H23BrN4O3. The van der Waals surface area contributed by atoms with Crippen LogP contribution in [0, 0.1) is 0 Å². The summed E-state index contributed by atoms with van der Waals surface area (Å²) >= 11 is 3.42. The average Bonchev–Trinajstić information content (AvgIpc) is 3.16. The third-order valence-corrected chi connectivity index (χ3v) is 6.24. The Hall–Kier alpha value is -3.26. The lowest BCUT2D eigenvalue weighted by molar-refractivity contribution is -0.140. The number of rotatable bonds is 6. The Kier molecular flexibility index (Phi) is 5.97. The van der Waals surface area contributed by atoms with Crippen molar-refractivity contribution in [2.24, 2.45) is 5.10 Å². The molecule has 0 aliphatic heterocycles.